The predicted octanol–water partition coefficient (Wildman–Crippen LogP) is 1.44. The Labute approximate surface area is 113 Å². The Balaban J connectivity index is 1.99. The molecule has 1 aromatic carbocycles. The molecule has 1 amide bonds. The fraction of sp³-hybridized carbons (Fsp3) is 0.533. The van der Waals surface area contributed by atoms with Gasteiger partial charge in [0, 0.05) is 6.61 Å². The second kappa shape index (κ2) is 6.17. The van der Waals surface area contributed by atoms with Gasteiger partial charge in [0.15, 0.2) is 0 Å². The first kappa shape index (κ1) is 14.0. The van der Waals surface area contributed by atoms with Crippen LogP contribution >= 0.6 is 0 Å². The molecule has 104 valence electrons. The molecule has 0 bridgehead atoms. The number of hydrogen-bond donors (Lipinski definition) is 2. The van der Waals surface area contributed by atoms with Gasteiger partial charge in [-0.15, -0.1) is 0 Å². The summed E-state index contributed by atoms with van der Waals surface area (Å²) in [5, 5.41) is 13.6. The monoisotopic (exact) mass is 263 g/mol. The number of amides is 1. The molecule has 4 nitrogen and oxygen atoms in total. The summed E-state index contributed by atoms with van der Waals surface area (Å²) in [4.78, 5) is 11.6. The van der Waals surface area contributed by atoms with E-state index in [-0.39, 0.29) is 25.0 Å². The Morgan fingerprint density at radius 2 is 2.11 bits per heavy atom. The van der Waals surface area contributed by atoms with E-state index in [1.54, 1.807) is 0 Å². The smallest absolute Gasteiger partial charge is 0.246 e. The summed E-state index contributed by atoms with van der Waals surface area (Å²) in [6, 6.07) is 9.56. The van der Waals surface area contributed by atoms with Gasteiger partial charge in [0.05, 0.1) is 6.54 Å². The van der Waals surface area contributed by atoms with Crippen molar-refractivity contribution in [3.05, 3.63) is 35.9 Å². The standard InChI is InChI=1S/C15H21NO3/c1-2-19-10-14(17)16-11-15(18,13-8-9-13)12-6-4-3-5-7-12/h3-7,13,18H,2,8-11H2,1H3,(H,16,17)/t15-/m1/s1. The molecule has 2 rings (SSSR count). The highest BCUT2D eigenvalue weighted by molar-refractivity contribution is 5.77. The van der Waals surface area contributed by atoms with Crippen molar-refractivity contribution < 1.29 is 14.6 Å². The normalized spacial score (nSPS) is 17.8. The molecule has 1 saturated carbocycles. The molecule has 1 fully saturated rings. The largest absolute Gasteiger partial charge is 0.383 e. The summed E-state index contributed by atoms with van der Waals surface area (Å²) in [6.45, 7) is 2.65. The molecule has 0 heterocycles. The van der Waals surface area contributed by atoms with E-state index in [1.807, 2.05) is 37.3 Å². The van der Waals surface area contributed by atoms with E-state index in [2.05, 4.69) is 5.32 Å². The third kappa shape index (κ3) is 3.55. The number of hydrogen-bond acceptors (Lipinski definition) is 3. The fourth-order valence-corrected chi connectivity index (χ4v) is 2.25. The zero-order valence-corrected chi connectivity index (χ0v) is 11.3. The maximum atomic E-state index is 11.6. The molecule has 0 radical (unpaired) electrons. The zero-order chi connectivity index (χ0) is 13.7. The van der Waals surface area contributed by atoms with Crippen LogP contribution in [0, 0.1) is 5.92 Å². The molecule has 0 spiro atoms. The summed E-state index contributed by atoms with van der Waals surface area (Å²) >= 11 is 0. The van der Waals surface area contributed by atoms with Gasteiger partial charge < -0.3 is 15.2 Å². The first-order valence-corrected chi connectivity index (χ1v) is 6.79. The Hall–Kier alpha value is -1.39. The van der Waals surface area contributed by atoms with E-state index in [9.17, 15) is 9.90 Å². The highest BCUT2D eigenvalue weighted by Crippen LogP contribution is 2.45. The first-order chi connectivity index (χ1) is 9.16. The van der Waals surface area contributed by atoms with Crippen LogP contribution in [0.3, 0.4) is 0 Å². The van der Waals surface area contributed by atoms with E-state index in [0.717, 1.165) is 18.4 Å². The number of rotatable bonds is 7. The minimum absolute atomic E-state index is 0.0477. The van der Waals surface area contributed by atoms with E-state index in [4.69, 9.17) is 4.74 Å². The van der Waals surface area contributed by atoms with Gasteiger partial charge in [-0.05, 0) is 31.2 Å². The molecule has 1 atom stereocenters. The number of benzene rings is 1. The van der Waals surface area contributed by atoms with Gasteiger partial charge in [0.25, 0.3) is 0 Å². The van der Waals surface area contributed by atoms with Crippen LogP contribution in [0.15, 0.2) is 30.3 Å². The summed E-state index contributed by atoms with van der Waals surface area (Å²) in [7, 11) is 0. The second-order valence-electron chi connectivity index (χ2n) is 4.98. The Bertz CT molecular complexity index is 417. The minimum atomic E-state index is -0.955. The van der Waals surface area contributed by atoms with Crippen LogP contribution in [0.25, 0.3) is 0 Å². The predicted molar refractivity (Wildman–Crippen MR) is 72.6 cm³/mol. The molecule has 1 aliphatic carbocycles. The number of aliphatic hydroxyl groups is 1. The summed E-state index contributed by atoms with van der Waals surface area (Å²) in [5.74, 6) is 0.0548. The van der Waals surface area contributed by atoms with Crippen LogP contribution < -0.4 is 5.32 Å². The Kier molecular flexibility index (Phi) is 4.56. The maximum absolute atomic E-state index is 11.6. The van der Waals surface area contributed by atoms with Gasteiger partial charge in [-0.2, -0.15) is 0 Å². The lowest BCUT2D eigenvalue weighted by atomic mass is 9.88. The highest BCUT2D eigenvalue weighted by Gasteiger charge is 2.45. The lowest BCUT2D eigenvalue weighted by Crippen LogP contribution is -2.43. The molecular weight excluding hydrogens is 242 g/mol. The van der Waals surface area contributed by atoms with E-state index in [0.29, 0.717) is 6.61 Å². The molecular formula is C15H21NO3. The topological polar surface area (TPSA) is 58.6 Å². The third-order valence-corrected chi connectivity index (χ3v) is 3.52. The highest BCUT2D eigenvalue weighted by atomic mass is 16.5. The number of carbonyl (C=O) groups excluding carboxylic acids is 1. The number of nitrogens with one attached hydrogen (secondary N) is 1. The molecule has 0 aromatic heterocycles. The molecule has 2 N–H and O–H groups in total. The Morgan fingerprint density at radius 3 is 2.68 bits per heavy atom. The van der Waals surface area contributed by atoms with Crippen molar-refractivity contribution >= 4 is 5.91 Å². The van der Waals surface area contributed by atoms with Crippen LogP contribution in [0.2, 0.25) is 0 Å². The van der Waals surface area contributed by atoms with Crippen molar-refractivity contribution in [3.63, 3.8) is 0 Å². The van der Waals surface area contributed by atoms with Crippen LogP contribution in [0.5, 0.6) is 0 Å². The van der Waals surface area contributed by atoms with Crippen molar-refractivity contribution in [2.75, 3.05) is 19.8 Å². The SMILES string of the molecule is CCOCC(=O)NC[C@@](O)(c1ccccc1)C1CC1. The van der Waals surface area contributed by atoms with Crippen LogP contribution in [-0.4, -0.2) is 30.8 Å². The van der Waals surface area contributed by atoms with E-state index < -0.39 is 5.60 Å². The van der Waals surface area contributed by atoms with Crippen LogP contribution in [0.1, 0.15) is 25.3 Å². The quantitative estimate of drug-likeness (QED) is 0.782. The van der Waals surface area contributed by atoms with Crippen LogP contribution in [0.4, 0.5) is 0 Å². The molecule has 0 saturated heterocycles. The van der Waals surface area contributed by atoms with Gasteiger partial charge in [-0.25, -0.2) is 0 Å². The average Bonchev–Trinajstić information content (AvgIpc) is 3.28. The van der Waals surface area contributed by atoms with Crippen molar-refractivity contribution in [1.82, 2.24) is 5.32 Å². The molecule has 1 aromatic rings. The average molecular weight is 263 g/mol. The summed E-state index contributed by atoms with van der Waals surface area (Å²) < 4.78 is 5.05. The molecule has 0 aliphatic heterocycles. The van der Waals surface area contributed by atoms with Crippen molar-refractivity contribution in [1.29, 1.82) is 0 Å². The summed E-state index contributed by atoms with van der Waals surface area (Å²) in [6.07, 6.45) is 2.01. The first-order valence-electron chi connectivity index (χ1n) is 6.79. The maximum Gasteiger partial charge on any atom is 0.246 e. The Morgan fingerprint density at radius 1 is 1.42 bits per heavy atom. The van der Waals surface area contributed by atoms with Gasteiger partial charge in [-0.3, -0.25) is 4.79 Å². The van der Waals surface area contributed by atoms with Gasteiger partial charge in [0.2, 0.25) is 5.91 Å². The fourth-order valence-electron chi connectivity index (χ4n) is 2.25. The lowest BCUT2D eigenvalue weighted by molar-refractivity contribution is -0.127. The van der Waals surface area contributed by atoms with Crippen LogP contribution in [-0.2, 0) is 15.1 Å². The lowest BCUT2D eigenvalue weighted by Gasteiger charge is -2.29. The third-order valence-electron chi connectivity index (χ3n) is 3.52. The van der Waals surface area contributed by atoms with Crippen molar-refractivity contribution in [2.45, 2.75) is 25.4 Å². The van der Waals surface area contributed by atoms with Crippen molar-refractivity contribution in [2.24, 2.45) is 5.92 Å². The minimum Gasteiger partial charge on any atom is -0.383 e. The number of ether oxygens (including phenoxy) is 1. The molecule has 19 heavy (non-hydrogen) atoms. The zero-order valence-electron chi connectivity index (χ0n) is 11.3. The summed E-state index contributed by atoms with van der Waals surface area (Å²) in [5.41, 5.74) is -0.0856. The van der Waals surface area contributed by atoms with Gasteiger partial charge in [0.1, 0.15) is 12.2 Å². The van der Waals surface area contributed by atoms with E-state index in [1.165, 1.54) is 0 Å². The number of carbonyl (C=O) groups is 1. The van der Waals surface area contributed by atoms with Gasteiger partial charge in [-0.1, -0.05) is 30.3 Å². The van der Waals surface area contributed by atoms with Gasteiger partial charge >= 0.3 is 0 Å². The molecule has 1 aliphatic rings. The molecule has 4 heteroatoms. The molecule has 0 unspecified atom stereocenters. The van der Waals surface area contributed by atoms with E-state index >= 15 is 0 Å². The second-order valence-corrected chi connectivity index (χ2v) is 4.98. The van der Waals surface area contributed by atoms with Crippen molar-refractivity contribution in [3.8, 4) is 0 Å².